The summed E-state index contributed by atoms with van der Waals surface area (Å²) in [6, 6.07) is 14.9. The number of nitrogens with zero attached hydrogens (tertiary/aromatic N) is 1. The first-order valence-electron chi connectivity index (χ1n) is 10.3. The van der Waals surface area contributed by atoms with Gasteiger partial charge >= 0.3 is 10.8 Å². The van der Waals surface area contributed by atoms with E-state index in [1.807, 2.05) is 6.92 Å². The molecule has 0 atom stereocenters. The molecule has 0 radical (unpaired) electrons. The first kappa shape index (κ1) is 22.1. The zero-order chi connectivity index (χ0) is 24.2. The van der Waals surface area contributed by atoms with E-state index < -0.39 is 20.9 Å². The molecule has 2 aromatic heterocycles. The van der Waals surface area contributed by atoms with Crippen LogP contribution in [0.1, 0.15) is 27.2 Å². The Morgan fingerprint density at radius 2 is 1.62 bits per heavy atom. The Morgan fingerprint density at radius 1 is 0.941 bits per heavy atom. The second-order valence-electron chi connectivity index (χ2n) is 8.00. The van der Waals surface area contributed by atoms with Crippen molar-refractivity contribution in [1.82, 2.24) is 0 Å². The molecule has 0 bridgehead atoms. The van der Waals surface area contributed by atoms with Gasteiger partial charge in [-0.3, -0.25) is 4.79 Å². The summed E-state index contributed by atoms with van der Waals surface area (Å²) in [5.41, 5.74) is 2.41. The van der Waals surface area contributed by atoms with Gasteiger partial charge in [-0.15, -0.1) is 0 Å². The fourth-order valence-electron chi connectivity index (χ4n) is 4.36. The van der Waals surface area contributed by atoms with Crippen LogP contribution in [-0.2, 0) is 10.0 Å². The predicted octanol–water partition coefficient (Wildman–Crippen LogP) is 5.56. The molecule has 0 aliphatic rings. The minimum Gasteiger partial charge on any atom is -0.459 e. The molecular weight excluding hydrogens is 474 g/mol. The average molecular weight is 494 g/mol. The first-order valence-corrected chi connectivity index (χ1v) is 12.6. The van der Waals surface area contributed by atoms with E-state index in [-0.39, 0.29) is 16.3 Å². The van der Waals surface area contributed by atoms with Crippen LogP contribution in [0.15, 0.2) is 79.4 Å². The van der Waals surface area contributed by atoms with E-state index in [1.54, 1.807) is 50.2 Å². The number of fused-ring (bicyclic) bond motifs is 3. The molecule has 0 fully saturated rings. The van der Waals surface area contributed by atoms with E-state index in [4.69, 9.17) is 8.83 Å². The zero-order valence-electron chi connectivity index (χ0n) is 18.5. The second kappa shape index (κ2) is 7.96. The summed E-state index contributed by atoms with van der Waals surface area (Å²) in [5.74, 6) is -0.972. The summed E-state index contributed by atoms with van der Waals surface area (Å²) in [5, 5.41) is 0.973. The molecule has 0 aliphatic carbocycles. The van der Waals surface area contributed by atoms with Crippen LogP contribution in [0, 0.1) is 20.8 Å². The summed E-state index contributed by atoms with van der Waals surface area (Å²) in [4.78, 5) is 25.2. The van der Waals surface area contributed by atoms with Gasteiger partial charge in [0.05, 0.1) is 21.5 Å². The number of sulfonamides is 1. The van der Waals surface area contributed by atoms with E-state index in [2.05, 4.69) is 0 Å². The van der Waals surface area contributed by atoms with Gasteiger partial charge in [0, 0.05) is 10.8 Å². The van der Waals surface area contributed by atoms with Crippen molar-refractivity contribution in [2.24, 2.45) is 0 Å². The molecule has 34 heavy (non-hydrogen) atoms. The standard InChI is InChI=1S/C25H19NO6S2/c1-14-11-15(2)23(16(3)12-14)34(29,30)26(24(27)20-9-6-10-31-20)19-13-21-22(32-25(28)33-21)18-8-5-4-7-17(18)19/h4-13H,1-3H3. The Morgan fingerprint density at radius 3 is 2.26 bits per heavy atom. The number of hydrogen-bond acceptors (Lipinski definition) is 7. The van der Waals surface area contributed by atoms with Gasteiger partial charge in [-0.05, 0) is 50.1 Å². The highest BCUT2D eigenvalue weighted by atomic mass is 32.2. The third kappa shape index (κ3) is 3.44. The number of rotatable bonds is 4. The molecule has 0 saturated carbocycles. The van der Waals surface area contributed by atoms with E-state index in [0.29, 0.717) is 32.2 Å². The van der Waals surface area contributed by atoms with E-state index in [0.717, 1.165) is 21.2 Å². The average Bonchev–Trinajstić information content (AvgIpc) is 3.42. The number of amides is 1. The molecule has 5 aromatic rings. The maximum atomic E-state index is 14.2. The predicted molar refractivity (Wildman–Crippen MR) is 131 cm³/mol. The maximum absolute atomic E-state index is 14.2. The van der Waals surface area contributed by atoms with Gasteiger partial charge in [-0.2, -0.15) is 4.31 Å². The van der Waals surface area contributed by atoms with Crippen LogP contribution in [-0.4, -0.2) is 14.3 Å². The highest BCUT2D eigenvalue weighted by Crippen LogP contribution is 2.39. The summed E-state index contributed by atoms with van der Waals surface area (Å²) < 4.78 is 40.2. The molecule has 0 aliphatic heterocycles. The lowest BCUT2D eigenvalue weighted by molar-refractivity contribution is 0.0979. The summed E-state index contributed by atoms with van der Waals surface area (Å²) in [6.07, 6.45) is 1.31. The summed E-state index contributed by atoms with van der Waals surface area (Å²) in [7, 11) is -4.39. The minimum absolute atomic E-state index is 0.0440. The Bertz CT molecular complexity index is 1720. The Kier molecular flexibility index (Phi) is 5.18. The summed E-state index contributed by atoms with van der Waals surface area (Å²) >= 11 is 0.844. The van der Waals surface area contributed by atoms with Crippen molar-refractivity contribution >= 4 is 54.0 Å². The number of benzene rings is 3. The fourth-order valence-corrected chi connectivity index (χ4v) is 6.91. The Balaban J connectivity index is 1.88. The fraction of sp³-hybridized carbons (Fsp3) is 0.120. The molecule has 9 heteroatoms. The smallest absolute Gasteiger partial charge is 0.396 e. The number of carbonyl (C=O) groups excluding carboxylic acids is 1. The van der Waals surface area contributed by atoms with Gasteiger partial charge in [0.2, 0.25) is 0 Å². The lowest BCUT2D eigenvalue weighted by atomic mass is 10.1. The zero-order valence-corrected chi connectivity index (χ0v) is 20.1. The molecule has 5 rings (SSSR count). The van der Waals surface area contributed by atoms with Crippen LogP contribution in [0.4, 0.5) is 5.69 Å². The van der Waals surface area contributed by atoms with Gasteiger partial charge in [0.15, 0.2) is 11.3 Å². The van der Waals surface area contributed by atoms with Crippen LogP contribution in [0.2, 0.25) is 0 Å². The molecule has 7 nitrogen and oxygen atoms in total. The Hall–Kier alpha value is -3.69. The van der Waals surface area contributed by atoms with E-state index in [9.17, 15) is 18.0 Å². The highest BCUT2D eigenvalue weighted by molar-refractivity contribution is 7.93. The quantitative estimate of drug-likeness (QED) is 0.325. The number of aryl methyl sites for hydroxylation is 3. The highest BCUT2D eigenvalue weighted by Gasteiger charge is 2.37. The molecule has 0 saturated heterocycles. The van der Waals surface area contributed by atoms with E-state index in [1.165, 1.54) is 24.5 Å². The molecule has 172 valence electrons. The summed E-state index contributed by atoms with van der Waals surface area (Å²) in [6.45, 7) is 5.28. The largest absolute Gasteiger partial charge is 0.459 e. The molecule has 0 N–H and O–H groups in total. The lowest BCUT2D eigenvalue weighted by Crippen LogP contribution is -2.37. The van der Waals surface area contributed by atoms with Crippen LogP contribution >= 0.6 is 11.3 Å². The van der Waals surface area contributed by atoms with Crippen LogP contribution in [0.25, 0.3) is 21.1 Å². The van der Waals surface area contributed by atoms with Gasteiger partial charge < -0.3 is 8.83 Å². The van der Waals surface area contributed by atoms with Crippen molar-refractivity contribution in [3.05, 3.63) is 93.0 Å². The normalized spacial score (nSPS) is 11.9. The third-order valence-corrected chi connectivity index (χ3v) is 8.33. The van der Waals surface area contributed by atoms with Gasteiger partial charge in [-0.25, -0.2) is 13.2 Å². The lowest BCUT2D eigenvalue weighted by Gasteiger charge is -2.25. The molecule has 1 amide bonds. The van der Waals surface area contributed by atoms with Gasteiger partial charge in [-0.1, -0.05) is 53.3 Å². The maximum Gasteiger partial charge on any atom is 0.396 e. The topological polar surface area (TPSA) is 97.8 Å². The number of anilines is 1. The van der Waals surface area contributed by atoms with Crippen molar-refractivity contribution in [2.45, 2.75) is 25.7 Å². The van der Waals surface area contributed by atoms with Gasteiger partial charge in [0.1, 0.15) is 0 Å². The minimum atomic E-state index is -4.39. The molecular formula is C25H19NO6S2. The van der Waals surface area contributed by atoms with Crippen molar-refractivity contribution in [3.63, 3.8) is 0 Å². The first-order chi connectivity index (χ1) is 16.2. The Labute approximate surface area is 198 Å². The molecule has 3 aromatic carbocycles. The van der Waals surface area contributed by atoms with Crippen LogP contribution in [0.3, 0.4) is 0 Å². The number of hydrogen-bond donors (Lipinski definition) is 0. The van der Waals surface area contributed by atoms with E-state index >= 15 is 0 Å². The van der Waals surface area contributed by atoms with Crippen molar-refractivity contribution in [2.75, 3.05) is 4.31 Å². The van der Waals surface area contributed by atoms with Gasteiger partial charge in [0.25, 0.3) is 10.0 Å². The SMILES string of the molecule is Cc1cc(C)c(S(=O)(=O)N(C(=O)c2ccco2)c2cc3sc(=O)oc3c3ccccc23)c(C)c1. The van der Waals surface area contributed by atoms with Crippen molar-refractivity contribution < 1.29 is 22.0 Å². The number of carbonyl (C=O) groups is 1. The molecule has 2 heterocycles. The second-order valence-corrected chi connectivity index (χ2v) is 10.7. The van der Waals surface area contributed by atoms with Crippen LogP contribution in [0.5, 0.6) is 0 Å². The number of furan rings is 1. The monoisotopic (exact) mass is 493 g/mol. The van der Waals surface area contributed by atoms with Crippen molar-refractivity contribution in [3.8, 4) is 0 Å². The van der Waals surface area contributed by atoms with Crippen molar-refractivity contribution in [1.29, 1.82) is 0 Å². The molecule has 0 unspecified atom stereocenters. The van der Waals surface area contributed by atoms with Crippen LogP contribution < -0.4 is 9.24 Å². The molecule has 0 spiro atoms. The third-order valence-electron chi connectivity index (χ3n) is 5.56.